The van der Waals surface area contributed by atoms with Gasteiger partial charge in [-0.3, -0.25) is 4.79 Å². The van der Waals surface area contributed by atoms with Crippen molar-refractivity contribution in [3.05, 3.63) is 70.8 Å². The lowest BCUT2D eigenvalue weighted by Gasteiger charge is -2.16. The topological polar surface area (TPSA) is 64.6 Å². The van der Waals surface area contributed by atoms with E-state index in [2.05, 4.69) is 17.4 Å². The number of ether oxygens (including phenoxy) is 2. The molecule has 0 fully saturated rings. The van der Waals surface area contributed by atoms with E-state index in [-0.39, 0.29) is 5.91 Å². The Morgan fingerprint density at radius 3 is 2.64 bits per heavy atom. The molecule has 1 N–H and O–H groups in total. The number of benzene rings is 2. The van der Waals surface area contributed by atoms with Gasteiger partial charge in [0.25, 0.3) is 5.91 Å². The smallest absolute Gasteiger partial charge is 0.341 e. The van der Waals surface area contributed by atoms with E-state index in [0.717, 1.165) is 28.8 Å². The van der Waals surface area contributed by atoms with Gasteiger partial charge in [0.2, 0.25) is 0 Å². The largest absolute Gasteiger partial charge is 0.497 e. The van der Waals surface area contributed by atoms with E-state index in [4.69, 9.17) is 9.47 Å². The van der Waals surface area contributed by atoms with Crippen molar-refractivity contribution >= 4 is 28.2 Å². The fourth-order valence-electron chi connectivity index (χ4n) is 3.49. The second-order valence-electron chi connectivity index (χ2n) is 6.45. The van der Waals surface area contributed by atoms with Crippen LogP contribution < -0.4 is 10.1 Å². The van der Waals surface area contributed by atoms with Gasteiger partial charge >= 0.3 is 5.97 Å². The molecule has 4 rings (SSSR count). The van der Waals surface area contributed by atoms with E-state index >= 15 is 0 Å². The molecule has 0 saturated carbocycles. The summed E-state index contributed by atoms with van der Waals surface area (Å²) in [4.78, 5) is 26.3. The van der Waals surface area contributed by atoms with Gasteiger partial charge in [-0.2, -0.15) is 0 Å². The highest BCUT2D eigenvalue weighted by atomic mass is 32.1. The Hall–Kier alpha value is -3.12. The monoisotopic (exact) mass is 393 g/mol. The summed E-state index contributed by atoms with van der Waals surface area (Å²) in [5.74, 6) is -0.131. The van der Waals surface area contributed by atoms with Gasteiger partial charge in [-0.15, -0.1) is 11.3 Å². The molecular weight excluding hydrogens is 374 g/mol. The number of amides is 1. The zero-order valence-corrected chi connectivity index (χ0v) is 16.4. The number of carbonyl (C=O) groups is 2. The molecule has 0 spiro atoms. The maximum atomic E-state index is 12.8. The van der Waals surface area contributed by atoms with Crippen LogP contribution in [-0.4, -0.2) is 26.1 Å². The van der Waals surface area contributed by atoms with Crippen molar-refractivity contribution in [1.29, 1.82) is 0 Å². The molecule has 1 heterocycles. The molecule has 0 bridgehead atoms. The Balaban J connectivity index is 1.76. The van der Waals surface area contributed by atoms with E-state index < -0.39 is 5.97 Å². The number of carbonyl (C=O) groups excluding carboxylic acids is 2. The van der Waals surface area contributed by atoms with Crippen molar-refractivity contribution in [3.8, 4) is 16.2 Å². The molecule has 2 aromatic carbocycles. The predicted molar refractivity (Wildman–Crippen MR) is 109 cm³/mol. The minimum absolute atomic E-state index is 0.295. The van der Waals surface area contributed by atoms with Gasteiger partial charge in [-0.25, -0.2) is 4.79 Å². The minimum atomic E-state index is -0.433. The number of fused-ring (bicyclic) bond motifs is 3. The highest BCUT2D eigenvalue weighted by Crippen LogP contribution is 2.45. The second-order valence-corrected chi connectivity index (χ2v) is 7.47. The molecular formula is C22H19NO4S. The SMILES string of the molecule is COC(=O)c1c(NC(=O)c2cccc(OC)c2)sc2c1CCc1ccccc1-2. The highest BCUT2D eigenvalue weighted by molar-refractivity contribution is 7.20. The average Bonchev–Trinajstić information content (AvgIpc) is 3.11. The highest BCUT2D eigenvalue weighted by Gasteiger charge is 2.29. The van der Waals surface area contributed by atoms with Gasteiger partial charge in [-0.1, -0.05) is 30.3 Å². The van der Waals surface area contributed by atoms with Crippen molar-refractivity contribution < 1.29 is 19.1 Å². The molecule has 0 saturated heterocycles. The van der Waals surface area contributed by atoms with Gasteiger partial charge in [-0.05, 0) is 47.7 Å². The van der Waals surface area contributed by atoms with Gasteiger partial charge in [0.05, 0.1) is 19.8 Å². The summed E-state index contributed by atoms with van der Waals surface area (Å²) in [5.41, 5.74) is 4.21. The lowest BCUT2D eigenvalue weighted by molar-refractivity contribution is 0.0601. The van der Waals surface area contributed by atoms with Crippen LogP contribution in [0.25, 0.3) is 10.4 Å². The third-order valence-corrected chi connectivity index (χ3v) is 6.04. The normalized spacial score (nSPS) is 11.9. The zero-order valence-electron chi connectivity index (χ0n) is 15.6. The molecule has 28 heavy (non-hydrogen) atoms. The second kappa shape index (κ2) is 7.48. The number of thiophene rings is 1. The Labute approximate surface area is 166 Å². The van der Waals surface area contributed by atoms with Crippen molar-refractivity contribution in [2.75, 3.05) is 19.5 Å². The molecule has 1 aliphatic carbocycles. The first-order valence-electron chi connectivity index (χ1n) is 8.90. The number of hydrogen-bond donors (Lipinski definition) is 1. The third-order valence-electron chi connectivity index (χ3n) is 4.86. The first kappa shape index (κ1) is 18.3. The molecule has 0 radical (unpaired) electrons. The van der Waals surface area contributed by atoms with Crippen LogP contribution in [0.5, 0.6) is 5.75 Å². The van der Waals surface area contributed by atoms with E-state index in [1.807, 2.05) is 12.1 Å². The standard InChI is InChI=1S/C22H19NO4S/c1-26-15-8-5-7-14(12-15)20(24)23-21-18(22(25)27-2)17-11-10-13-6-3-4-9-16(13)19(17)28-21/h3-9,12H,10-11H2,1-2H3,(H,23,24). The number of aryl methyl sites for hydroxylation is 1. The first-order valence-corrected chi connectivity index (χ1v) is 9.71. The van der Waals surface area contributed by atoms with Crippen LogP contribution in [0.2, 0.25) is 0 Å². The lowest BCUT2D eigenvalue weighted by atomic mass is 9.89. The summed E-state index contributed by atoms with van der Waals surface area (Å²) < 4.78 is 10.2. The first-order chi connectivity index (χ1) is 13.6. The summed E-state index contributed by atoms with van der Waals surface area (Å²) in [7, 11) is 2.91. The summed E-state index contributed by atoms with van der Waals surface area (Å²) in [6, 6.07) is 15.1. The molecule has 1 amide bonds. The Morgan fingerprint density at radius 1 is 1.04 bits per heavy atom. The molecule has 0 unspecified atom stereocenters. The van der Waals surface area contributed by atoms with Crippen molar-refractivity contribution in [1.82, 2.24) is 0 Å². The summed E-state index contributed by atoms with van der Waals surface area (Å²) in [6.45, 7) is 0. The molecule has 5 nitrogen and oxygen atoms in total. The van der Waals surface area contributed by atoms with Gasteiger partial charge in [0.1, 0.15) is 10.8 Å². The summed E-state index contributed by atoms with van der Waals surface area (Å²) in [6.07, 6.45) is 1.59. The fourth-order valence-corrected chi connectivity index (χ4v) is 4.78. The molecule has 1 aromatic heterocycles. The van der Waals surface area contributed by atoms with Crippen molar-refractivity contribution in [2.45, 2.75) is 12.8 Å². The van der Waals surface area contributed by atoms with Crippen molar-refractivity contribution in [3.63, 3.8) is 0 Å². The van der Waals surface area contributed by atoms with Crippen LogP contribution in [-0.2, 0) is 17.6 Å². The fraction of sp³-hybridized carbons (Fsp3) is 0.182. The van der Waals surface area contributed by atoms with Gasteiger partial charge < -0.3 is 14.8 Å². The quantitative estimate of drug-likeness (QED) is 0.660. The molecule has 0 aliphatic heterocycles. The number of anilines is 1. The van der Waals surface area contributed by atoms with Gasteiger partial charge in [0, 0.05) is 10.4 Å². The number of esters is 1. The maximum Gasteiger partial charge on any atom is 0.341 e. The maximum absolute atomic E-state index is 12.8. The minimum Gasteiger partial charge on any atom is -0.497 e. The van der Waals surface area contributed by atoms with E-state index in [1.165, 1.54) is 24.0 Å². The Morgan fingerprint density at radius 2 is 1.86 bits per heavy atom. The molecule has 3 aromatic rings. The molecule has 0 atom stereocenters. The molecule has 6 heteroatoms. The summed E-state index contributed by atoms with van der Waals surface area (Å²) >= 11 is 1.42. The van der Waals surface area contributed by atoms with Crippen LogP contribution in [0.15, 0.2) is 48.5 Å². The number of hydrogen-bond acceptors (Lipinski definition) is 5. The number of methoxy groups -OCH3 is 2. The Kier molecular flexibility index (Phi) is 4.88. The zero-order chi connectivity index (χ0) is 19.7. The Bertz CT molecular complexity index is 1070. The van der Waals surface area contributed by atoms with Crippen LogP contribution >= 0.6 is 11.3 Å². The molecule has 1 aliphatic rings. The third kappa shape index (κ3) is 3.16. The molecule has 142 valence electrons. The van der Waals surface area contributed by atoms with E-state index in [9.17, 15) is 9.59 Å². The van der Waals surface area contributed by atoms with E-state index in [0.29, 0.717) is 21.9 Å². The average molecular weight is 393 g/mol. The van der Waals surface area contributed by atoms with Crippen LogP contribution in [0.4, 0.5) is 5.00 Å². The van der Waals surface area contributed by atoms with Crippen molar-refractivity contribution in [2.24, 2.45) is 0 Å². The van der Waals surface area contributed by atoms with E-state index in [1.54, 1.807) is 31.4 Å². The predicted octanol–water partition coefficient (Wildman–Crippen LogP) is 4.56. The van der Waals surface area contributed by atoms with Crippen LogP contribution in [0.1, 0.15) is 31.8 Å². The summed E-state index contributed by atoms with van der Waals surface area (Å²) in [5, 5.41) is 3.42. The number of rotatable bonds is 4. The van der Waals surface area contributed by atoms with Gasteiger partial charge in [0.15, 0.2) is 0 Å². The van der Waals surface area contributed by atoms with Crippen LogP contribution in [0, 0.1) is 0 Å². The number of nitrogens with one attached hydrogen (secondary N) is 1. The lowest BCUT2D eigenvalue weighted by Crippen LogP contribution is -2.15. The van der Waals surface area contributed by atoms with Crippen LogP contribution in [0.3, 0.4) is 0 Å².